The Morgan fingerprint density at radius 1 is 1.10 bits per heavy atom. The normalized spacial score (nSPS) is 15.4. The summed E-state index contributed by atoms with van der Waals surface area (Å²) in [5.41, 5.74) is 2.68. The zero-order valence-electron chi connectivity index (χ0n) is 17.3. The first-order chi connectivity index (χ1) is 14.6. The van der Waals surface area contributed by atoms with Crippen LogP contribution in [0.4, 0.5) is 10.5 Å². The summed E-state index contributed by atoms with van der Waals surface area (Å²) in [6.45, 7) is 3.02. The van der Waals surface area contributed by atoms with E-state index in [0.717, 1.165) is 36.1 Å². The number of hydrogen-bond donors (Lipinski definition) is 0. The van der Waals surface area contributed by atoms with Crippen molar-refractivity contribution in [2.24, 2.45) is 5.92 Å². The van der Waals surface area contributed by atoms with E-state index in [1.807, 2.05) is 42.5 Å². The summed E-state index contributed by atoms with van der Waals surface area (Å²) in [7, 11) is 0. The minimum atomic E-state index is -0.415. The number of halogens is 1. The van der Waals surface area contributed by atoms with Gasteiger partial charge in [0.25, 0.3) is 0 Å². The summed E-state index contributed by atoms with van der Waals surface area (Å²) in [6.07, 6.45) is 3.64. The molecule has 0 saturated carbocycles. The highest BCUT2D eigenvalue weighted by Gasteiger charge is 2.30. The number of fused-ring (bicyclic) bond motifs is 1. The summed E-state index contributed by atoms with van der Waals surface area (Å²) in [5, 5.41) is 0.614. The first-order valence-electron chi connectivity index (χ1n) is 10.5. The van der Waals surface area contributed by atoms with Crippen molar-refractivity contribution < 1.29 is 19.1 Å². The predicted octanol–water partition coefficient (Wildman–Crippen LogP) is 5.78. The number of amides is 1. The fourth-order valence-electron chi connectivity index (χ4n) is 3.60. The molecule has 0 N–H and O–H groups in total. The Kier molecular flexibility index (Phi) is 8.14. The predicted molar refractivity (Wildman–Crippen MR) is 118 cm³/mol. The molecule has 1 aliphatic heterocycles. The minimum absolute atomic E-state index is 0.00429. The molecule has 5 nitrogen and oxygen atoms in total. The number of carbonyl (C=O) groups is 2. The van der Waals surface area contributed by atoms with Gasteiger partial charge in [0.2, 0.25) is 0 Å². The van der Waals surface area contributed by atoms with E-state index in [0.29, 0.717) is 24.4 Å². The van der Waals surface area contributed by atoms with Crippen molar-refractivity contribution in [3.8, 4) is 0 Å². The lowest BCUT2D eigenvalue weighted by atomic mass is 9.93. The maximum absolute atomic E-state index is 12.8. The second-order valence-electron chi connectivity index (χ2n) is 7.63. The highest BCUT2D eigenvalue weighted by atomic mass is 35.5. The molecule has 0 fully saturated rings. The third kappa shape index (κ3) is 6.23. The average Bonchev–Trinajstić information content (AvgIpc) is 2.76. The fraction of sp³-hybridized carbons (Fsp3) is 0.417. The van der Waals surface area contributed by atoms with Gasteiger partial charge in [-0.3, -0.25) is 9.69 Å². The van der Waals surface area contributed by atoms with Gasteiger partial charge in [-0.25, -0.2) is 4.79 Å². The molecule has 0 aliphatic carbocycles. The molecule has 0 radical (unpaired) electrons. The molecule has 0 aromatic heterocycles. The van der Waals surface area contributed by atoms with Gasteiger partial charge < -0.3 is 9.47 Å². The van der Waals surface area contributed by atoms with Gasteiger partial charge in [-0.2, -0.15) is 0 Å². The van der Waals surface area contributed by atoms with E-state index in [9.17, 15) is 9.59 Å². The van der Waals surface area contributed by atoms with Gasteiger partial charge in [-0.05, 0) is 42.2 Å². The van der Waals surface area contributed by atoms with Crippen LogP contribution in [0.5, 0.6) is 0 Å². The maximum Gasteiger partial charge on any atom is 0.414 e. The maximum atomic E-state index is 12.8. The van der Waals surface area contributed by atoms with Crippen LogP contribution in [0.25, 0.3) is 0 Å². The zero-order chi connectivity index (χ0) is 21.3. The van der Waals surface area contributed by atoms with Crippen LogP contribution in [0, 0.1) is 5.92 Å². The molecule has 0 unspecified atom stereocenters. The molecule has 6 heteroatoms. The Bertz CT molecular complexity index is 856. The van der Waals surface area contributed by atoms with Crippen LogP contribution in [0.1, 0.15) is 43.7 Å². The first kappa shape index (κ1) is 22.2. The third-order valence-electron chi connectivity index (χ3n) is 5.17. The molecule has 1 atom stereocenters. The zero-order valence-corrected chi connectivity index (χ0v) is 18.1. The number of anilines is 1. The third-order valence-corrected chi connectivity index (χ3v) is 5.41. The summed E-state index contributed by atoms with van der Waals surface area (Å²) in [6, 6.07) is 15.0. The molecule has 1 heterocycles. The second-order valence-corrected chi connectivity index (χ2v) is 8.07. The molecule has 3 rings (SSSR count). The van der Waals surface area contributed by atoms with E-state index in [2.05, 4.69) is 6.92 Å². The molecule has 2 aromatic rings. The van der Waals surface area contributed by atoms with Crippen LogP contribution in [0.15, 0.2) is 48.5 Å². The fourth-order valence-corrected chi connectivity index (χ4v) is 3.79. The van der Waals surface area contributed by atoms with Crippen molar-refractivity contribution in [3.63, 3.8) is 0 Å². The number of hydrogen-bond acceptors (Lipinski definition) is 4. The topological polar surface area (TPSA) is 55.8 Å². The molecule has 160 valence electrons. The van der Waals surface area contributed by atoms with Crippen molar-refractivity contribution in [2.45, 2.75) is 45.6 Å². The minimum Gasteiger partial charge on any atom is -0.465 e. The van der Waals surface area contributed by atoms with Crippen LogP contribution in [0.2, 0.25) is 5.02 Å². The van der Waals surface area contributed by atoms with Gasteiger partial charge in [0, 0.05) is 23.9 Å². The van der Waals surface area contributed by atoms with Gasteiger partial charge in [0.05, 0.1) is 12.3 Å². The molecule has 0 saturated heterocycles. The van der Waals surface area contributed by atoms with Crippen molar-refractivity contribution in [2.75, 3.05) is 18.1 Å². The lowest BCUT2D eigenvalue weighted by Crippen LogP contribution is -2.42. The van der Waals surface area contributed by atoms with Crippen LogP contribution in [-0.4, -0.2) is 25.2 Å². The van der Waals surface area contributed by atoms with Gasteiger partial charge in [-0.15, -0.1) is 0 Å². The number of unbranched alkanes of at least 4 members (excludes halogenated alkanes) is 2. The summed E-state index contributed by atoms with van der Waals surface area (Å²) >= 11 is 6.17. The highest BCUT2D eigenvalue weighted by molar-refractivity contribution is 6.30. The number of nitrogens with zero attached hydrogens (tertiary/aromatic N) is 1. The van der Waals surface area contributed by atoms with E-state index in [-0.39, 0.29) is 25.1 Å². The molecular weight excluding hydrogens is 402 g/mol. The Hall–Kier alpha value is -2.53. The van der Waals surface area contributed by atoms with Gasteiger partial charge in [-0.1, -0.05) is 61.7 Å². The van der Waals surface area contributed by atoms with Crippen molar-refractivity contribution in [1.82, 2.24) is 0 Å². The van der Waals surface area contributed by atoms with Crippen LogP contribution >= 0.6 is 11.6 Å². The highest BCUT2D eigenvalue weighted by Crippen LogP contribution is 2.32. The lowest BCUT2D eigenvalue weighted by molar-refractivity contribution is -0.145. The van der Waals surface area contributed by atoms with E-state index in [1.165, 1.54) is 0 Å². The monoisotopic (exact) mass is 429 g/mol. The van der Waals surface area contributed by atoms with Crippen molar-refractivity contribution in [1.29, 1.82) is 0 Å². The van der Waals surface area contributed by atoms with Gasteiger partial charge in [0.1, 0.15) is 6.61 Å². The van der Waals surface area contributed by atoms with Crippen molar-refractivity contribution in [3.05, 3.63) is 64.7 Å². The number of ether oxygens (including phenoxy) is 2. The SMILES string of the molecule is CCCCCC(=O)OC[C@@H]1Cc2cc(Cl)ccc2N(C(=O)OCc2ccccc2)C1. The van der Waals surface area contributed by atoms with Gasteiger partial charge >= 0.3 is 12.1 Å². The van der Waals surface area contributed by atoms with Crippen LogP contribution in [0.3, 0.4) is 0 Å². The quantitative estimate of drug-likeness (QED) is 0.394. The Morgan fingerprint density at radius 2 is 1.90 bits per heavy atom. The molecule has 30 heavy (non-hydrogen) atoms. The van der Waals surface area contributed by atoms with Crippen LogP contribution < -0.4 is 4.90 Å². The second kappa shape index (κ2) is 11.0. The van der Waals surface area contributed by atoms with E-state index < -0.39 is 6.09 Å². The van der Waals surface area contributed by atoms with Gasteiger partial charge in [0.15, 0.2) is 0 Å². The Balaban J connectivity index is 1.64. The molecule has 2 aromatic carbocycles. The molecule has 1 aliphatic rings. The van der Waals surface area contributed by atoms with Crippen LogP contribution in [-0.2, 0) is 27.3 Å². The summed E-state index contributed by atoms with van der Waals surface area (Å²) in [4.78, 5) is 26.4. The lowest BCUT2D eigenvalue weighted by Gasteiger charge is -2.33. The standard InChI is InChI=1S/C24H28ClNO4/c1-2-3-5-10-23(27)29-17-19-13-20-14-21(25)11-12-22(20)26(15-19)24(28)30-16-18-8-6-4-7-9-18/h4,6-9,11-12,14,19H,2-3,5,10,13,15-17H2,1H3/t19-/m1/s1. The van der Waals surface area contributed by atoms with E-state index in [1.54, 1.807) is 11.0 Å². The first-order valence-corrected chi connectivity index (χ1v) is 10.9. The van der Waals surface area contributed by atoms with E-state index in [4.69, 9.17) is 21.1 Å². The van der Waals surface area contributed by atoms with E-state index >= 15 is 0 Å². The average molecular weight is 430 g/mol. The number of esters is 1. The number of benzene rings is 2. The largest absolute Gasteiger partial charge is 0.465 e. The molecule has 1 amide bonds. The number of carbonyl (C=O) groups excluding carboxylic acids is 2. The van der Waals surface area contributed by atoms with Crippen molar-refractivity contribution >= 4 is 29.4 Å². The molecule has 0 bridgehead atoms. The Morgan fingerprint density at radius 3 is 2.67 bits per heavy atom. The molecular formula is C24H28ClNO4. The summed E-state index contributed by atoms with van der Waals surface area (Å²) in [5.74, 6) is -0.186. The number of rotatable bonds is 8. The molecule has 0 spiro atoms. The Labute approximate surface area is 182 Å². The summed E-state index contributed by atoms with van der Waals surface area (Å²) < 4.78 is 11.0. The smallest absolute Gasteiger partial charge is 0.414 e.